The van der Waals surface area contributed by atoms with Crippen LogP contribution in [0.4, 0.5) is 0 Å². The molecular weight excluding hydrogens is 138 g/mol. The van der Waals surface area contributed by atoms with Gasteiger partial charge in [0.1, 0.15) is 0 Å². The Balaban J connectivity index is 3.50. The summed E-state index contributed by atoms with van der Waals surface area (Å²) in [5, 5.41) is 3.39. The van der Waals surface area contributed by atoms with E-state index in [2.05, 4.69) is 26.1 Å². The second-order valence-corrected chi connectivity index (χ2v) is 3.34. The molecule has 0 radical (unpaired) electrons. The van der Waals surface area contributed by atoms with E-state index in [1.54, 1.807) is 7.11 Å². The van der Waals surface area contributed by atoms with Gasteiger partial charge in [0.25, 0.3) is 0 Å². The van der Waals surface area contributed by atoms with Crippen molar-refractivity contribution in [2.75, 3.05) is 20.3 Å². The van der Waals surface area contributed by atoms with Crippen LogP contribution >= 0.6 is 0 Å². The lowest BCUT2D eigenvalue weighted by Crippen LogP contribution is -2.34. The van der Waals surface area contributed by atoms with E-state index in [0.29, 0.717) is 6.04 Å². The largest absolute Gasteiger partial charge is 0.383 e. The number of nitrogens with one attached hydrogen (secondary N) is 1. The van der Waals surface area contributed by atoms with Crippen molar-refractivity contribution >= 4 is 0 Å². The Morgan fingerprint density at radius 1 is 1.36 bits per heavy atom. The molecule has 0 rings (SSSR count). The minimum absolute atomic E-state index is 0.532. The molecule has 0 unspecified atom stereocenters. The highest BCUT2D eigenvalue weighted by molar-refractivity contribution is 4.66. The van der Waals surface area contributed by atoms with E-state index < -0.39 is 0 Å². The van der Waals surface area contributed by atoms with Crippen LogP contribution in [0.5, 0.6) is 0 Å². The Morgan fingerprint density at radius 3 is 2.36 bits per heavy atom. The SMILES string of the molecule is CCN[C@H](COC)CC(C)C. The van der Waals surface area contributed by atoms with E-state index in [1.807, 2.05) is 0 Å². The molecule has 0 spiro atoms. The van der Waals surface area contributed by atoms with Gasteiger partial charge in [0, 0.05) is 13.2 Å². The summed E-state index contributed by atoms with van der Waals surface area (Å²) in [7, 11) is 1.75. The van der Waals surface area contributed by atoms with Crippen LogP contribution in [0.3, 0.4) is 0 Å². The van der Waals surface area contributed by atoms with Crippen LogP contribution < -0.4 is 5.32 Å². The lowest BCUT2D eigenvalue weighted by molar-refractivity contribution is 0.157. The second-order valence-electron chi connectivity index (χ2n) is 3.34. The van der Waals surface area contributed by atoms with Crippen molar-refractivity contribution in [3.63, 3.8) is 0 Å². The molecule has 2 nitrogen and oxygen atoms in total. The molecule has 0 aliphatic rings. The van der Waals surface area contributed by atoms with Crippen LogP contribution in [0.1, 0.15) is 27.2 Å². The minimum atomic E-state index is 0.532. The Kier molecular flexibility index (Phi) is 6.57. The van der Waals surface area contributed by atoms with Crippen molar-refractivity contribution in [2.24, 2.45) is 5.92 Å². The highest BCUT2D eigenvalue weighted by atomic mass is 16.5. The van der Waals surface area contributed by atoms with E-state index in [1.165, 1.54) is 6.42 Å². The number of methoxy groups -OCH3 is 1. The summed E-state index contributed by atoms with van der Waals surface area (Å²) in [6, 6.07) is 0.532. The van der Waals surface area contributed by atoms with Gasteiger partial charge in [-0.15, -0.1) is 0 Å². The molecule has 0 aliphatic heterocycles. The maximum Gasteiger partial charge on any atom is 0.0615 e. The Bertz CT molecular complexity index is 77.6. The van der Waals surface area contributed by atoms with Gasteiger partial charge in [-0.25, -0.2) is 0 Å². The van der Waals surface area contributed by atoms with Gasteiger partial charge in [-0.1, -0.05) is 20.8 Å². The molecule has 0 aromatic heterocycles. The zero-order chi connectivity index (χ0) is 8.69. The predicted octanol–water partition coefficient (Wildman–Crippen LogP) is 1.66. The first-order chi connectivity index (χ1) is 5.20. The molecule has 0 bridgehead atoms. The van der Waals surface area contributed by atoms with Gasteiger partial charge in [-0.2, -0.15) is 0 Å². The van der Waals surface area contributed by atoms with E-state index >= 15 is 0 Å². The molecular formula is C9H21NO. The summed E-state index contributed by atoms with van der Waals surface area (Å²) in [6.07, 6.45) is 1.20. The third-order valence-corrected chi connectivity index (χ3v) is 1.62. The van der Waals surface area contributed by atoms with Crippen LogP contribution in [-0.4, -0.2) is 26.3 Å². The second kappa shape index (κ2) is 6.62. The van der Waals surface area contributed by atoms with Gasteiger partial charge in [-0.3, -0.25) is 0 Å². The molecule has 0 aromatic carbocycles. The fraction of sp³-hybridized carbons (Fsp3) is 1.00. The number of likely N-dealkylation sites (N-methyl/N-ethyl adjacent to an activating group) is 1. The monoisotopic (exact) mass is 159 g/mol. The Hall–Kier alpha value is -0.0800. The highest BCUT2D eigenvalue weighted by Gasteiger charge is 2.07. The van der Waals surface area contributed by atoms with Crippen LogP contribution in [0.15, 0.2) is 0 Å². The van der Waals surface area contributed by atoms with Crippen molar-refractivity contribution in [3.8, 4) is 0 Å². The van der Waals surface area contributed by atoms with Crippen LogP contribution in [0.25, 0.3) is 0 Å². The first-order valence-electron chi connectivity index (χ1n) is 4.43. The third kappa shape index (κ3) is 6.32. The maximum atomic E-state index is 5.09. The number of rotatable bonds is 6. The van der Waals surface area contributed by atoms with E-state index in [0.717, 1.165) is 19.1 Å². The topological polar surface area (TPSA) is 21.3 Å². The van der Waals surface area contributed by atoms with Crippen molar-refractivity contribution in [2.45, 2.75) is 33.2 Å². The summed E-state index contributed by atoms with van der Waals surface area (Å²) >= 11 is 0. The number of hydrogen-bond acceptors (Lipinski definition) is 2. The van der Waals surface area contributed by atoms with Crippen molar-refractivity contribution in [1.82, 2.24) is 5.32 Å². The van der Waals surface area contributed by atoms with Gasteiger partial charge in [0.05, 0.1) is 6.61 Å². The quantitative estimate of drug-likeness (QED) is 0.636. The fourth-order valence-electron chi connectivity index (χ4n) is 1.27. The molecule has 0 fully saturated rings. The normalized spacial score (nSPS) is 13.9. The molecule has 68 valence electrons. The van der Waals surface area contributed by atoms with Gasteiger partial charge in [0.15, 0.2) is 0 Å². The summed E-state index contributed by atoms with van der Waals surface area (Å²) in [4.78, 5) is 0. The first kappa shape index (κ1) is 10.9. The molecule has 0 saturated heterocycles. The zero-order valence-corrected chi connectivity index (χ0v) is 8.18. The van der Waals surface area contributed by atoms with Gasteiger partial charge < -0.3 is 10.1 Å². The van der Waals surface area contributed by atoms with E-state index in [9.17, 15) is 0 Å². The van der Waals surface area contributed by atoms with Crippen LogP contribution in [-0.2, 0) is 4.74 Å². The van der Waals surface area contributed by atoms with Crippen molar-refractivity contribution in [3.05, 3.63) is 0 Å². The fourth-order valence-corrected chi connectivity index (χ4v) is 1.27. The smallest absolute Gasteiger partial charge is 0.0615 e. The highest BCUT2D eigenvalue weighted by Crippen LogP contribution is 2.04. The van der Waals surface area contributed by atoms with Crippen LogP contribution in [0.2, 0.25) is 0 Å². The molecule has 1 atom stereocenters. The van der Waals surface area contributed by atoms with E-state index in [4.69, 9.17) is 4.74 Å². The Morgan fingerprint density at radius 2 is 2.00 bits per heavy atom. The van der Waals surface area contributed by atoms with Gasteiger partial charge >= 0.3 is 0 Å². The molecule has 0 saturated carbocycles. The number of hydrogen-bond donors (Lipinski definition) is 1. The van der Waals surface area contributed by atoms with Gasteiger partial charge in [0.2, 0.25) is 0 Å². The maximum absolute atomic E-state index is 5.09. The van der Waals surface area contributed by atoms with Crippen molar-refractivity contribution in [1.29, 1.82) is 0 Å². The summed E-state index contributed by atoms with van der Waals surface area (Å²) in [5.41, 5.74) is 0. The molecule has 0 amide bonds. The Labute approximate surface area is 70.3 Å². The van der Waals surface area contributed by atoms with E-state index in [-0.39, 0.29) is 0 Å². The lowest BCUT2D eigenvalue weighted by atomic mass is 10.0. The average molecular weight is 159 g/mol. The zero-order valence-electron chi connectivity index (χ0n) is 8.18. The minimum Gasteiger partial charge on any atom is -0.383 e. The number of ether oxygens (including phenoxy) is 1. The predicted molar refractivity (Wildman–Crippen MR) is 48.8 cm³/mol. The molecule has 1 N–H and O–H groups in total. The van der Waals surface area contributed by atoms with Gasteiger partial charge in [-0.05, 0) is 18.9 Å². The summed E-state index contributed by atoms with van der Waals surface area (Å²) in [6.45, 7) is 8.45. The third-order valence-electron chi connectivity index (χ3n) is 1.62. The summed E-state index contributed by atoms with van der Waals surface area (Å²) < 4.78 is 5.09. The first-order valence-corrected chi connectivity index (χ1v) is 4.43. The summed E-state index contributed by atoms with van der Waals surface area (Å²) in [5.74, 6) is 0.745. The standard InChI is InChI=1S/C9H21NO/c1-5-10-9(7-11-4)6-8(2)3/h8-10H,5-7H2,1-4H3/t9-/m0/s1. The molecule has 0 heterocycles. The average Bonchev–Trinajstić information content (AvgIpc) is 1.87. The molecule has 0 aliphatic carbocycles. The molecule has 11 heavy (non-hydrogen) atoms. The molecule has 0 aromatic rings. The molecule has 2 heteroatoms. The lowest BCUT2D eigenvalue weighted by Gasteiger charge is -2.18. The van der Waals surface area contributed by atoms with Crippen LogP contribution in [0, 0.1) is 5.92 Å². The van der Waals surface area contributed by atoms with Crippen molar-refractivity contribution < 1.29 is 4.74 Å².